The number of hydrogen-bond acceptors (Lipinski definition) is 5. The minimum atomic E-state index is 0.159. The number of methoxy groups -OCH3 is 1. The van der Waals surface area contributed by atoms with Gasteiger partial charge in [0, 0.05) is 38.3 Å². The van der Waals surface area contributed by atoms with E-state index in [1.807, 2.05) is 29.2 Å². The van der Waals surface area contributed by atoms with Crippen molar-refractivity contribution in [3.05, 3.63) is 46.8 Å². The average molecular weight is 380 g/mol. The predicted molar refractivity (Wildman–Crippen MR) is 109 cm³/mol. The van der Waals surface area contributed by atoms with Crippen LogP contribution in [0.5, 0.6) is 5.75 Å². The van der Waals surface area contributed by atoms with Gasteiger partial charge in [-0.3, -0.25) is 4.79 Å². The molecule has 0 atom stereocenters. The number of benzene rings is 1. The molecule has 6 heteroatoms. The minimum absolute atomic E-state index is 0.159. The molecule has 1 aromatic carbocycles. The summed E-state index contributed by atoms with van der Waals surface area (Å²) in [6.07, 6.45) is 4.45. The van der Waals surface area contributed by atoms with Gasteiger partial charge in [0.25, 0.3) is 0 Å². The summed E-state index contributed by atoms with van der Waals surface area (Å²) in [5, 5.41) is 0. The molecule has 1 amide bonds. The first-order chi connectivity index (χ1) is 13.6. The summed E-state index contributed by atoms with van der Waals surface area (Å²) >= 11 is 0. The number of anilines is 1. The Morgan fingerprint density at radius 1 is 1.11 bits per heavy atom. The number of amides is 1. The average Bonchev–Trinajstić information content (AvgIpc) is 3.15. The van der Waals surface area contributed by atoms with E-state index in [0.717, 1.165) is 61.1 Å². The maximum Gasteiger partial charge on any atom is 0.227 e. The third-order valence-electron chi connectivity index (χ3n) is 5.77. The number of aryl methyl sites for hydroxylation is 1. The van der Waals surface area contributed by atoms with E-state index in [1.54, 1.807) is 7.11 Å². The van der Waals surface area contributed by atoms with E-state index in [4.69, 9.17) is 14.7 Å². The molecule has 148 valence electrons. The molecule has 0 radical (unpaired) electrons. The van der Waals surface area contributed by atoms with Crippen LogP contribution >= 0.6 is 0 Å². The number of nitrogens with zero attached hydrogens (tertiary/aromatic N) is 4. The van der Waals surface area contributed by atoms with Gasteiger partial charge in [-0.2, -0.15) is 0 Å². The Hall–Kier alpha value is -2.63. The molecule has 2 aliphatic rings. The lowest BCUT2D eigenvalue weighted by Crippen LogP contribution is -2.34. The van der Waals surface area contributed by atoms with E-state index in [1.165, 1.54) is 18.4 Å². The standard InChI is InChI=1S/C22H28N4O2/c1-16-19-8-12-25(21(27)15-17-6-5-7-18(14-17)28-2)13-9-20(19)24-22(23-16)26-10-3-4-11-26/h5-7,14H,3-4,8-13,15H2,1-2H3. The zero-order valence-corrected chi connectivity index (χ0v) is 16.8. The molecular formula is C22H28N4O2. The minimum Gasteiger partial charge on any atom is -0.497 e. The number of carbonyl (C=O) groups excluding carboxylic acids is 1. The molecule has 6 nitrogen and oxygen atoms in total. The maximum atomic E-state index is 12.9. The highest BCUT2D eigenvalue weighted by Gasteiger charge is 2.23. The molecule has 0 saturated carbocycles. The third-order valence-corrected chi connectivity index (χ3v) is 5.77. The van der Waals surface area contributed by atoms with E-state index in [2.05, 4.69) is 11.8 Å². The Kier molecular flexibility index (Phi) is 5.46. The second-order valence-corrected chi connectivity index (χ2v) is 7.64. The summed E-state index contributed by atoms with van der Waals surface area (Å²) in [6.45, 7) is 5.61. The van der Waals surface area contributed by atoms with Crippen LogP contribution in [-0.2, 0) is 24.1 Å². The lowest BCUT2D eigenvalue weighted by Gasteiger charge is -2.20. The molecule has 1 saturated heterocycles. The van der Waals surface area contributed by atoms with Crippen LogP contribution in [0.1, 0.15) is 35.4 Å². The number of carbonyl (C=O) groups is 1. The molecule has 1 fully saturated rings. The van der Waals surface area contributed by atoms with Crippen molar-refractivity contribution in [2.45, 2.75) is 39.0 Å². The van der Waals surface area contributed by atoms with Gasteiger partial charge in [-0.1, -0.05) is 12.1 Å². The predicted octanol–water partition coefficient (Wildman–Crippen LogP) is 2.56. The SMILES string of the molecule is COc1cccc(CC(=O)N2CCc3nc(N4CCCC4)nc(C)c3CC2)c1. The topological polar surface area (TPSA) is 58.6 Å². The van der Waals surface area contributed by atoms with Crippen LogP contribution in [0, 0.1) is 6.92 Å². The number of hydrogen-bond donors (Lipinski definition) is 0. The maximum absolute atomic E-state index is 12.9. The Balaban J connectivity index is 1.46. The van der Waals surface area contributed by atoms with Gasteiger partial charge in [0.2, 0.25) is 11.9 Å². The first kappa shape index (κ1) is 18.7. The van der Waals surface area contributed by atoms with Crippen LogP contribution in [-0.4, -0.2) is 54.1 Å². The normalized spacial score (nSPS) is 16.6. The molecule has 0 unspecified atom stereocenters. The first-order valence-corrected chi connectivity index (χ1v) is 10.2. The monoisotopic (exact) mass is 380 g/mol. The summed E-state index contributed by atoms with van der Waals surface area (Å²) in [7, 11) is 1.65. The van der Waals surface area contributed by atoms with Crippen molar-refractivity contribution >= 4 is 11.9 Å². The molecule has 4 rings (SSSR count). The molecule has 2 aliphatic heterocycles. The Morgan fingerprint density at radius 2 is 1.89 bits per heavy atom. The fraction of sp³-hybridized carbons (Fsp3) is 0.500. The Bertz CT molecular complexity index is 862. The van der Waals surface area contributed by atoms with Crippen LogP contribution in [0.25, 0.3) is 0 Å². The molecule has 3 heterocycles. The van der Waals surface area contributed by atoms with Crippen LogP contribution in [0.3, 0.4) is 0 Å². The van der Waals surface area contributed by atoms with Gasteiger partial charge in [-0.25, -0.2) is 9.97 Å². The Morgan fingerprint density at radius 3 is 2.68 bits per heavy atom. The highest BCUT2D eigenvalue weighted by Crippen LogP contribution is 2.23. The Labute approximate surface area is 166 Å². The molecule has 1 aromatic heterocycles. The van der Waals surface area contributed by atoms with Crippen molar-refractivity contribution in [1.29, 1.82) is 0 Å². The molecule has 0 N–H and O–H groups in total. The lowest BCUT2D eigenvalue weighted by atomic mass is 10.1. The quantitative estimate of drug-likeness (QED) is 0.816. The fourth-order valence-corrected chi connectivity index (χ4v) is 4.15. The van der Waals surface area contributed by atoms with Gasteiger partial charge < -0.3 is 14.5 Å². The highest BCUT2D eigenvalue weighted by molar-refractivity contribution is 5.79. The molecule has 2 aromatic rings. The van der Waals surface area contributed by atoms with Crippen molar-refractivity contribution in [3.63, 3.8) is 0 Å². The first-order valence-electron chi connectivity index (χ1n) is 10.2. The van der Waals surface area contributed by atoms with Gasteiger partial charge in [0.15, 0.2) is 0 Å². The van der Waals surface area contributed by atoms with Crippen molar-refractivity contribution < 1.29 is 9.53 Å². The van der Waals surface area contributed by atoms with E-state index in [9.17, 15) is 4.79 Å². The van der Waals surface area contributed by atoms with Gasteiger partial charge in [0.05, 0.1) is 19.2 Å². The summed E-state index contributed by atoms with van der Waals surface area (Å²) in [5.74, 6) is 1.81. The van der Waals surface area contributed by atoms with Gasteiger partial charge in [-0.15, -0.1) is 0 Å². The van der Waals surface area contributed by atoms with Crippen LogP contribution in [0.2, 0.25) is 0 Å². The second kappa shape index (κ2) is 8.17. The molecule has 0 aliphatic carbocycles. The molecule has 0 bridgehead atoms. The zero-order valence-electron chi connectivity index (χ0n) is 16.8. The van der Waals surface area contributed by atoms with E-state index in [0.29, 0.717) is 13.0 Å². The number of aromatic nitrogens is 2. The summed E-state index contributed by atoms with van der Waals surface area (Å²) in [6, 6.07) is 7.74. The number of ether oxygens (including phenoxy) is 1. The van der Waals surface area contributed by atoms with Gasteiger partial charge >= 0.3 is 0 Å². The van der Waals surface area contributed by atoms with Crippen LogP contribution < -0.4 is 9.64 Å². The lowest BCUT2D eigenvalue weighted by molar-refractivity contribution is -0.130. The van der Waals surface area contributed by atoms with Crippen LogP contribution in [0.15, 0.2) is 24.3 Å². The smallest absolute Gasteiger partial charge is 0.227 e. The van der Waals surface area contributed by atoms with E-state index >= 15 is 0 Å². The summed E-state index contributed by atoms with van der Waals surface area (Å²) in [4.78, 5) is 26.8. The number of rotatable bonds is 4. The van der Waals surface area contributed by atoms with Crippen molar-refractivity contribution in [3.8, 4) is 5.75 Å². The number of fused-ring (bicyclic) bond motifs is 1. The third kappa shape index (κ3) is 3.96. The summed E-state index contributed by atoms with van der Waals surface area (Å²) in [5.41, 5.74) is 4.39. The zero-order chi connectivity index (χ0) is 19.5. The molecule has 28 heavy (non-hydrogen) atoms. The van der Waals surface area contributed by atoms with Crippen LogP contribution in [0.4, 0.5) is 5.95 Å². The summed E-state index contributed by atoms with van der Waals surface area (Å²) < 4.78 is 5.27. The van der Waals surface area contributed by atoms with Crippen molar-refractivity contribution in [2.24, 2.45) is 0 Å². The molecular weight excluding hydrogens is 352 g/mol. The van der Waals surface area contributed by atoms with Gasteiger partial charge in [0.1, 0.15) is 5.75 Å². The van der Waals surface area contributed by atoms with Crippen molar-refractivity contribution in [1.82, 2.24) is 14.9 Å². The van der Waals surface area contributed by atoms with Gasteiger partial charge in [-0.05, 0) is 49.4 Å². The van der Waals surface area contributed by atoms with E-state index in [-0.39, 0.29) is 5.91 Å². The second-order valence-electron chi connectivity index (χ2n) is 7.64. The van der Waals surface area contributed by atoms with E-state index < -0.39 is 0 Å². The fourth-order valence-electron chi connectivity index (χ4n) is 4.15. The highest BCUT2D eigenvalue weighted by atomic mass is 16.5. The molecule has 0 spiro atoms. The van der Waals surface area contributed by atoms with Crippen molar-refractivity contribution in [2.75, 3.05) is 38.2 Å². The largest absolute Gasteiger partial charge is 0.497 e.